The number of nitrogens with two attached hydrogens (primary N) is 1. The molecule has 2 rings (SSSR count). The highest BCUT2D eigenvalue weighted by atomic mass is 35.5. The van der Waals surface area contributed by atoms with Gasteiger partial charge in [-0.3, -0.25) is 24.2 Å². The largest absolute Gasteiger partial charge is 0.376 e. The molecule has 2 aromatic rings. The van der Waals surface area contributed by atoms with Crippen molar-refractivity contribution in [2.45, 2.75) is 13.0 Å². The van der Waals surface area contributed by atoms with Crippen LogP contribution in [0.3, 0.4) is 0 Å². The lowest BCUT2D eigenvalue weighted by molar-refractivity contribution is -0.134. The third-order valence-electron chi connectivity index (χ3n) is 4.63. The molecular formula is C22H24ClF2N5O3. The zero-order chi connectivity index (χ0) is 24.4. The summed E-state index contributed by atoms with van der Waals surface area (Å²) in [6, 6.07) is 10.7. The van der Waals surface area contributed by atoms with Gasteiger partial charge in [0.25, 0.3) is 5.91 Å². The van der Waals surface area contributed by atoms with E-state index in [0.29, 0.717) is 5.69 Å². The number of alkyl halides is 1. The molecule has 0 aromatic heterocycles. The molecule has 176 valence electrons. The number of hydrogen-bond acceptors (Lipinski definition) is 5. The number of anilines is 1. The first-order chi connectivity index (χ1) is 15.7. The van der Waals surface area contributed by atoms with Crippen molar-refractivity contribution in [3.63, 3.8) is 0 Å². The van der Waals surface area contributed by atoms with Gasteiger partial charge in [-0.2, -0.15) is 0 Å². The van der Waals surface area contributed by atoms with Crippen LogP contribution in [-0.4, -0.2) is 54.6 Å². The zero-order valence-corrected chi connectivity index (χ0v) is 18.4. The van der Waals surface area contributed by atoms with Crippen molar-refractivity contribution in [2.24, 2.45) is 5.73 Å². The van der Waals surface area contributed by atoms with E-state index in [1.54, 1.807) is 24.3 Å². The monoisotopic (exact) mass is 479 g/mol. The Kier molecular flexibility index (Phi) is 9.74. The summed E-state index contributed by atoms with van der Waals surface area (Å²) in [5, 5.41) is 13.0. The minimum absolute atomic E-state index is 0.00525. The minimum atomic E-state index is -0.923. The van der Waals surface area contributed by atoms with Gasteiger partial charge in [0, 0.05) is 29.9 Å². The Morgan fingerprint density at radius 1 is 1.12 bits per heavy atom. The highest BCUT2D eigenvalue weighted by molar-refractivity contribution is 6.44. The van der Waals surface area contributed by atoms with Gasteiger partial charge in [0.1, 0.15) is 11.5 Å². The number of hydrogen-bond donors (Lipinski definition) is 4. The molecule has 0 atom stereocenters. The van der Waals surface area contributed by atoms with Gasteiger partial charge in [-0.25, -0.2) is 4.39 Å². The molecule has 8 nitrogen and oxygen atoms in total. The summed E-state index contributed by atoms with van der Waals surface area (Å²) in [4.78, 5) is 37.5. The van der Waals surface area contributed by atoms with E-state index < -0.39 is 35.9 Å². The maximum Gasteiger partial charge on any atom is 0.267 e. The smallest absolute Gasteiger partial charge is 0.267 e. The summed E-state index contributed by atoms with van der Waals surface area (Å²) in [7, 11) is 0. The second-order valence-corrected chi connectivity index (χ2v) is 7.39. The molecule has 0 heterocycles. The van der Waals surface area contributed by atoms with E-state index in [1.165, 1.54) is 18.2 Å². The van der Waals surface area contributed by atoms with Gasteiger partial charge in [0.05, 0.1) is 24.8 Å². The zero-order valence-electron chi connectivity index (χ0n) is 17.7. The first kappa shape index (κ1) is 25.7. The average molecular weight is 480 g/mol. The van der Waals surface area contributed by atoms with Crippen LogP contribution in [0.4, 0.5) is 14.5 Å². The fraction of sp³-hybridized carbons (Fsp3) is 0.273. The van der Waals surface area contributed by atoms with Crippen molar-refractivity contribution < 1.29 is 23.2 Å². The molecule has 0 radical (unpaired) electrons. The van der Waals surface area contributed by atoms with Gasteiger partial charge in [0.2, 0.25) is 11.8 Å². The van der Waals surface area contributed by atoms with Crippen LogP contribution in [0.5, 0.6) is 0 Å². The van der Waals surface area contributed by atoms with Gasteiger partial charge in [0.15, 0.2) is 0 Å². The maximum absolute atomic E-state index is 14.0. The lowest BCUT2D eigenvalue weighted by atomic mass is 10.1. The Balaban J connectivity index is 2.00. The Hall–Kier alpha value is -3.53. The summed E-state index contributed by atoms with van der Waals surface area (Å²) < 4.78 is 26.7. The van der Waals surface area contributed by atoms with Crippen LogP contribution < -0.4 is 16.4 Å². The predicted octanol–water partition coefficient (Wildman–Crippen LogP) is 2.25. The molecule has 33 heavy (non-hydrogen) atoms. The summed E-state index contributed by atoms with van der Waals surface area (Å²) in [6.07, 6.45) is 0.0326. The van der Waals surface area contributed by atoms with Gasteiger partial charge >= 0.3 is 0 Å². The van der Waals surface area contributed by atoms with E-state index in [9.17, 15) is 23.2 Å². The van der Waals surface area contributed by atoms with Gasteiger partial charge in [-0.15, -0.1) is 0 Å². The molecule has 2 aromatic carbocycles. The Morgan fingerprint density at radius 2 is 1.85 bits per heavy atom. The maximum atomic E-state index is 14.0. The van der Waals surface area contributed by atoms with Crippen molar-refractivity contribution in [1.82, 2.24) is 10.2 Å². The first-order valence-electron chi connectivity index (χ1n) is 9.99. The number of rotatable bonds is 12. The van der Waals surface area contributed by atoms with E-state index in [0.717, 1.165) is 4.90 Å². The summed E-state index contributed by atoms with van der Waals surface area (Å²) >= 11 is 5.72. The van der Waals surface area contributed by atoms with Crippen LogP contribution in [0.15, 0.2) is 42.5 Å². The molecule has 0 aliphatic carbocycles. The highest BCUT2D eigenvalue weighted by Crippen LogP contribution is 2.18. The molecule has 0 fully saturated rings. The third-order valence-corrected chi connectivity index (χ3v) is 4.92. The van der Waals surface area contributed by atoms with Gasteiger partial charge in [-0.1, -0.05) is 41.9 Å². The van der Waals surface area contributed by atoms with E-state index >= 15 is 0 Å². The van der Waals surface area contributed by atoms with Gasteiger partial charge in [-0.05, 0) is 18.6 Å². The van der Waals surface area contributed by atoms with E-state index in [4.69, 9.17) is 22.7 Å². The molecule has 0 spiro atoms. The lowest BCUT2D eigenvalue weighted by Crippen LogP contribution is -2.43. The van der Waals surface area contributed by atoms with Crippen LogP contribution in [-0.2, 0) is 20.9 Å². The molecule has 0 aliphatic heterocycles. The Morgan fingerprint density at radius 3 is 2.55 bits per heavy atom. The topological polar surface area (TPSA) is 128 Å². The molecule has 0 aliphatic rings. The highest BCUT2D eigenvalue weighted by Gasteiger charge is 2.19. The molecule has 0 saturated heterocycles. The number of amides is 3. The molecule has 0 bridgehead atoms. The van der Waals surface area contributed by atoms with E-state index in [2.05, 4.69) is 10.6 Å². The van der Waals surface area contributed by atoms with E-state index in [-0.39, 0.29) is 48.7 Å². The van der Waals surface area contributed by atoms with Crippen molar-refractivity contribution in [1.29, 1.82) is 5.41 Å². The number of primary amides is 1. The molecule has 0 unspecified atom stereocenters. The number of carbonyl (C=O) groups excluding carboxylic acids is 3. The summed E-state index contributed by atoms with van der Waals surface area (Å²) in [5.74, 6) is -2.63. The molecule has 3 amide bonds. The molecule has 11 heteroatoms. The molecular weight excluding hydrogens is 456 g/mol. The number of halogens is 3. The van der Waals surface area contributed by atoms with Crippen LogP contribution in [0, 0.1) is 11.2 Å². The van der Waals surface area contributed by atoms with Crippen LogP contribution in [0.2, 0.25) is 5.02 Å². The second-order valence-electron chi connectivity index (χ2n) is 6.99. The Labute approximate surface area is 194 Å². The molecule has 5 N–H and O–H groups in total. The number of carbonyl (C=O) groups is 3. The number of para-hydroxylation sites is 1. The first-order valence-corrected chi connectivity index (χ1v) is 10.4. The SMILES string of the molecule is N=C(C(N)=O)c1ccccc1NCC(=O)N(CCCF)CC(=O)NCc1cccc(Cl)c1F. The molecule has 0 saturated carbocycles. The summed E-state index contributed by atoms with van der Waals surface area (Å²) in [5.41, 5.74) is 5.48. The third kappa shape index (κ3) is 7.53. The quantitative estimate of drug-likeness (QED) is 0.348. The van der Waals surface area contributed by atoms with Crippen LogP contribution >= 0.6 is 11.6 Å². The number of nitrogens with one attached hydrogen (secondary N) is 3. The lowest BCUT2D eigenvalue weighted by Gasteiger charge is -2.22. The fourth-order valence-electron chi connectivity index (χ4n) is 2.92. The standard InChI is InChI=1S/C22H24ClF2N5O3/c23-16-7-3-5-14(20(16)25)11-29-18(31)13-30(10-4-9-24)19(32)12-28-17-8-2-1-6-15(17)21(26)22(27)33/h1-3,5-8,26,28H,4,9-13H2,(H2,27,33)(H,29,31). The predicted molar refractivity (Wildman–Crippen MR) is 121 cm³/mol. The second kappa shape index (κ2) is 12.5. The normalized spacial score (nSPS) is 10.4. The van der Waals surface area contributed by atoms with Crippen molar-refractivity contribution in [3.8, 4) is 0 Å². The number of nitrogens with zero attached hydrogens (tertiary/aromatic N) is 1. The fourth-order valence-corrected chi connectivity index (χ4v) is 3.12. The van der Waals surface area contributed by atoms with Crippen molar-refractivity contribution in [2.75, 3.05) is 31.6 Å². The summed E-state index contributed by atoms with van der Waals surface area (Å²) in [6.45, 7) is -1.44. The minimum Gasteiger partial charge on any atom is -0.376 e. The van der Waals surface area contributed by atoms with Gasteiger partial charge < -0.3 is 21.3 Å². The van der Waals surface area contributed by atoms with Crippen LogP contribution in [0.1, 0.15) is 17.5 Å². The van der Waals surface area contributed by atoms with Crippen molar-refractivity contribution >= 4 is 40.7 Å². The van der Waals surface area contributed by atoms with E-state index in [1.807, 2.05) is 0 Å². The van der Waals surface area contributed by atoms with Crippen LogP contribution in [0.25, 0.3) is 0 Å². The van der Waals surface area contributed by atoms with Crippen molar-refractivity contribution in [3.05, 3.63) is 64.4 Å². The Bertz CT molecular complexity index is 1030. The average Bonchev–Trinajstić information content (AvgIpc) is 2.80. The number of benzene rings is 2.